The molecule has 0 radical (unpaired) electrons. The van der Waals surface area contributed by atoms with Crippen LogP contribution in [0.2, 0.25) is 0 Å². The van der Waals surface area contributed by atoms with Gasteiger partial charge in [-0.1, -0.05) is 39.7 Å². The highest BCUT2D eigenvalue weighted by molar-refractivity contribution is 9.09. The molecule has 236 valence electrons. The predicted molar refractivity (Wildman–Crippen MR) is 173 cm³/mol. The van der Waals surface area contributed by atoms with Gasteiger partial charge in [0.25, 0.3) is 11.8 Å². The van der Waals surface area contributed by atoms with Crippen LogP contribution in [-0.2, 0) is 23.9 Å². The smallest absolute Gasteiger partial charge is 0.254 e. The van der Waals surface area contributed by atoms with Crippen molar-refractivity contribution in [1.82, 2.24) is 4.90 Å². The number of phenolic OH excluding ortho intramolecular Hbond substituents is 1. The third-order valence-corrected chi connectivity index (χ3v) is 12.3. The van der Waals surface area contributed by atoms with E-state index >= 15 is 0 Å². The molecule has 0 spiro atoms. The predicted octanol–water partition coefficient (Wildman–Crippen LogP) is 4.76. The Kier molecular flexibility index (Phi) is 7.39. The molecule has 0 unspecified atom stereocenters. The van der Waals surface area contributed by atoms with Crippen molar-refractivity contribution in [2.75, 3.05) is 41.6 Å². The van der Waals surface area contributed by atoms with Crippen LogP contribution >= 0.6 is 39.1 Å². The first-order valence-electron chi connectivity index (χ1n) is 15.0. The third kappa shape index (κ3) is 4.21. The maximum absolute atomic E-state index is 14.3. The molecule has 4 fully saturated rings. The largest absolute Gasteiger partial charge is 0.507 e. The van der Waals surface area contributed by atoms with Crippen molar-refractivity contribution in [3.05, 3.63) is 64.7 Å². The number of morpholine rings is 1. The number of alkyl halides is 3. The topological polar surface area (TPSA) is 107 Å². The molecule has 3 heterocycles. The summed E-state index contributed by atoms with van der Waals surface area (Å²) in [5, 5.41) is 10.5. The quantitative estimate of drug-likeness (QED) is 0.211. The van der Waals surface area contributed by atoms with Gasteiger partial charge in [0, 0.05) is 24.7 Å². The number of fused-ring (bicyclic) bond motifs is 4. The van der Waals surface area contributed by atoms with E-state index in [0.29, 0.717) is 35.6 Å². The van der Waals surface area contributed by atoms with Gasteiger partial charge in [-0.25, -0.2) is 0 Å². The van der Waals surface area contributed by atoms with Gasteiger partial charge in [-0.2, -0.15) is 0 Å². The molecule has 1 N–H and O–H groups in total. The molecule has 2 aromatic carbocycles. The number of likely N-dealkylation sites (tertiary alicyclic amines) is 1. The molecule has 3 saturated heterocycles. The fourth-order valence-corrected chi connectivity index (χ4v) is 9.60. The number of aryl methyl sites for hydroxylation is 2. The van der Waals surface area contributed by atoms with Gasteiger partial charge in [0.1, 0.15) is 5.75 Å². The summed E-state index contributed by atoms with van der Waals surface area (Å²) in [5.41, 5.74) is 3.87. The van der Waals surface area contributed by atoms with Crippen LogP contribution in [0.15, 0.2) is 48.0 Å². The molecule has 7 rings (SSSR count). The van der Waals surface area contributed by atoms with Gasteiger partial charge in [0.15, 0.2) is 9.75 Å². The monoisotopic (exact) mass is 715 g/mol. The number of benzene rings is 2. The van der Waals surface area contributed by atoms with E-state index in [0.717, 1.165) is 29.2 Å². The molecule has 12 heteroatoms. The number of hydrogen-bond acceptors (Lipinski definition) is 7. The summed E-state index contributed by atoms with van der Waals surface area (Å²) in [6.07, 6.45) is 2.12. The fraction of sp³-hybridized carbons (Fsp3) is 0.455. The van der Waals surface area contributed by atoms with Crippen LogP contribution in [0, 0.1) is 31.6 Å². The average Bonchev–Trinajstić information content (AvgIpc) is 3.37. The standard InChI is InChI=1S/C33H32BrCl2N3O6/c1-17-13-19(14-18(2)27(17)40)26-22-7-8-23-25(24(22)15-32(35)30(43)38(16-34)31(44)33(26,32)36)29(42)39(28(23)41)21-5-3-20(4-6-21)37-9-11-45-12-10-37/h3-7,13-14,23-26,40H,8-12,15-16H2,1-2H3/t23-,24+,25-,26-,32+,33-/m0/s1. The molecule has 9 nitrogen and oxygen atoms in total. The lowest BCUT2D eigenvalue weighted by Crippen LogP contribution is -2.60. The van der Waals surface area contributed by atoms with Crippen LogP contribution in [0.1, 0.15) is 35.4 Å². The molecule has 6 atom stereocenters. The van der Waals surface area contributed by atoms with Crippen LogP contribution < -0.4 is 9.80 Å². The zero-order valence-corrected chi connectivity index (χ0v) is 27.9. The van der Waals surface area contributed by atoms with Gasteiger partial charge >= 0.3 is 0 Å². The molecule has 0 bridgehead atoms. The summed E-state index contributed by atoms with van der Waals surface area (Å²) in [6, 6.07) is 10.9. The van der Waals surface area contributed by atoms with Crippen molar-refractivity contribution in [3.63, 3.8) is 0 Å². The summed E-state index contributed by atoms with van der Waals surface area (Å²) in [5.74, 6) is -4.70. The number of rotatable bonds is 4. The average molecular weight is 717 g/mol. The Bertz CT molecular complexity index is 1650. The Morgan fingerprint density at radius 2 is 1.56 bits per heavy atom. The summed E-state index contributed by atoms with van der Waals surface area (Å²) in [4.78, 5) is 56.8. The van der Waals surface area contributed by atoms with Crippen LogP contribution in [-0.4, -0.2) is 75.1 Å². The second kappa shape index (κ2) is 10.8. The Morgan fingerprint density at radius 3 is 2.18 bits per heavy atom. The van der Waals surface area contributed by atoms with Crippen molar-refractivity contribution in [1.29, 1.82) is 0 Å². The lowest BCUT2D eigenvalue weighted by molar-refractivity contribution is -0.138. The van der Waals surface area contributed by atoms with Gasteiger partial charge in [-0.05, 0) is 73.6 Å². The van der Waals surface area contributed by atoms with Gasteiger partial charge < -0.3 is 14.7 Å². The minimum atomic E-state index is -1.88. The zero-order valence-electron chi connectivity index (χ0n) is 24.8. The molecule has 1 saturated carbocycles. The number of halogens is 3. The molecule has 2 aromatic rings. The third-order valence-electron chi connectivity index (χ3n) is 10.3. The SMILES string of the molecule is Cc1cc([C@H]2C3=CC[C@@H]4C(=O)N(c5ccc(N6CCOCC6)cc5)C(=O)[C@@H]4[C@@H]3C[C@@]3(Cl)C(=O)N(CBr)C(=O)[C@@]23Cl)cc(C)c1O. The van der Waals surface area contributed by atoms with Crippen LogP contribution in [0.5, 0.6) is 5.75 Å². The molecule has 0 aromatic heterocycles. The number of imide groups is 2. The lowest BCUT2D eigenvalue weighted by Gasteiger charge is -2.51. The van der Waals surface area contributed by atoms with Crippen molar-refractivity contribution in [2.24, 2.45) is 17.8 Å². The number of anilines is 2. The first kappa shape index (κ1) is 30.7. The zero-order chi connectivity index (χ0) is 32.0. The molecule has 5 aliphatic rings. The number of nitrogens with zero attached hydrogens (tertiary/aromatic N) is 3. The van der Waals surface area contributed by atoms with E-state index in [-0.39, 0.29) is 35.9 Å². The number of carbonyl (C=O) groups is 4. The Balaban J connectivity index is 1.31. The minimum Gasteiger partial charge on any atom is -0.507 e. The first-order chi connectivity index (χ1) is 21.4. The summed E-state index contributed by atoms with van der Waals surface area (Å²) in [7, 11) is 0. The molecular formula is C33H32BrCl2N3O6. The van der Waals surface area contributed by atoms with E-state index in [4.69, 9.17) is 27.9 Å². The van der Waals surface area contributed by atoms with Crippen LogP contribution in [0.25, 0.3) is 0 Å². The number of aromatic hydroxyl groups is 1. The van der Waals surface area contributed by atoms with Gasteiger partial charge in [-0.15, -0.1) is 23.2 Å². The van der Waals surface area contributed by atoms with E-state index in [1.54, 1.807) is 38.1 Å². The maximum Gasteiger partial charge on any atom is 0.254 e. The molecule has 2 aliphatic carbocycles. The molecule has 3 aliphatic heterocycles. The van der Waals surface area contributed by atoms with Crippen molar-refractivity contribution in [3.8, 4) is 5.75 Å². The van der Waals surface area contributed by atoms with Crippen LogP contribution in [0.3, 0.4) is 0 Å². The second-order valence-electron chi connectivity index (χ2n) is 12.6. The highest BCUT2D eigenvalue weighted by Crippen LogP contribution is 2.65. The normalized spacial score (nSPS) is 32.9. The molecular weight excluding hydrogens is 685 g/mol. The minimum absolute atomic E-state index is 0.0749. The van der Waals surface area contributed by atoms with E-state index < -0.39 is 45.2 Å². The van der Waals surface area contributed by atoms with Crippen molar-refractivity contribution in [2.45, 2.75) is 42.4 Å². The van der Waals surface area contributed by atoms with E-state index in [1.807, 2.05) is 18.2 Å². The number of amides is 4. The van der Waals surface area contributed by atoms with E-state index in [1.165, 1.54) is 4.90 Å². The first-order valence-corrected chi connectivity index (χ1v) is 16.9. The summed E-state index contributed by atoms with van der Waals surface area (Å²) < 4.78 is 5.45. The number of allylic oxidation sites excluding steroid dienone is 2. The summed E-state index contributed by atoms with van der Waals surface area (Å²) >= 11 is 17.9. The van der Waals surface area contributed by atoms with E-state index in [2.05, 4.69) is 20.8 Å². The number of ether oxygens (including phenoxy) is 1. The number of carbonyl (C=O) groups excluding carboxylic acids is 4. The molecule has 45 heavy (non-hydrogen) atoms. The Morgan fingerprint density at radius 1 is 0.933 bits per heavy atom. The Labute approximate surface area is 279 Å². The fourth-order valence-electron chi connectivity index (χ4n) is 8.17. The highest BCUT2D eigenvalue weighted by atomic mass is 79.9. The Hall–Kier alpha value is -2.92. The molecule has 4 amide bonds. The number of hydrogen-bond donors (Lipinski definition) is 1. The second-order valence-corrected chi connectivity index (χ2v) is 14.4. The van der Waals surface area contributed by atoms with Crippen molar-refractivity contribution >= 4 is 74.1 Å². The maximum atomic E-state index is 14.3. The van der Waals surface area contributed by atoms with Crippen LogP contribution in [0.4, 0.5) is 11.4 Å². The van der Waals surface area contributed by atoms with Crippen molar-refractivity contribution < 1.29 is 29.0 Å². The highest BCUT2D eigenvalue weighted by Gasteiger charge is 2.76. The van der Waals surface area contributed by atoms with Gasteiger partial charge in [0.05, 0.1) is 36.2 Å². The van der Waals surface area contributed by atoms with E-state index in [9.17, 15) is 24.3 Å². The van der Waals surface area contributed by atoms with Gasteiger partial charge in [0.2, 0.25) is 11.8 Å². The number of phenols is 1. The van der Waals surface area contributed by atoms with Gasteiger partial charge in [-0.3, -0.25) is 29.0 Å². The lowest BCUT2D eigenvalue weighted by atomic mass is 9.56. The summed E-state index contributed by atoms with van der Waals surface area (Å²) in [6.45, 7) is 6.31.